The van der Waals surface area contributed by atoms with Crippen molar-refractivity contribution in [1.82, 2.24) is 9.97 Å². The average Bonchev–Trinajstić information content (AvgIpc) is 2.53. The number of alkyl halides is 3. The van der Waals surface area contributed by atoms with Gasteiger partial charge in [-0.25, -0.2) is 9.97 Å². The predicted molar refractivity (Wildman–Crippen MR) is 84.3 cm³/mol. The predicted octanol–water partition coefficient (Wildman–Crippen LogP) is 4.27. The Bertz CT molecular complexity index is 905. The number of benzene rings is 2. The molecule has 0 fully saturated rings. The number of amides is 1. The number of carbonyl (C=O) groups excluding carboxylic acids is 1. The molecule has 7 heteroatoms. The Morgan fingerprint density at radius 3 is 2.42 bits per heavy atom. The average molecular weight is 331 g/mol. The van der Waals surface area contributed by atoms with Crippen LogP contribution in [0.3, 0.4) is 0 Å². The van der Waals surface area contributed by atoms with E-state index in [0.29, 0.717) is 16.6 Å². The molecule has 3 aromatic rings. The van der Waals surface area contributed by atoms with E-state index in [-0.39, 0.29) is 17.2 Å². The number of nitrogens with zero attached hydrogens (tertiary/aromatic N) is 2. The molecule has 1 N–H and O–H groups in total. The van der Waals surface area contributed by atoms with Gasteiger partial charge in [-0.15, -0.1) is 0 Å². The summed E-state index contributed by atoms with van der Waals surface area (Å²) in [5.41, 5.74) is 0.213. The lowest BCUT2D eigenvalue weighted by atomic mass is 10.1. The molecule has 0 radical (unpaired) electrons. The third kappa shape index (κ3) is 3.19. The van der Waals surface area contributed by atoms with Crippen molar-refractivity contribution < 1.29 is 18.0 Å². The molecule has 2 aromatic carbocycles. The standard InChI is InChI=1S/C17H12F3N3O/c1-10(24)22-13-7-5-11(6-8-13)16-21-9-12-3-2-4-14(15(12)23-16)17(18,19)20/h2-9H,1H3,(H,22,24). The number of aromatic nitrogens is 2. The Labute approximate surface area is 135 Å². The zero-order valence-electron chi connectivity index (χ0n) is 12.6. The highest BCUT2D eigenvalue weighted by molar-refractivity contribution is 5.89. The van der Waals surface area contributed by atoms with Gasteiger partial charge in [-0.1, -0.05) is 12.1 Å². The topological polar surface area (TPSA) is 54.9 Å². The molecule has 4 nitrogen and oxygen atoms in total. The van der Waals surface area contributed by atoms with Gasteiger partial charge >= 0.3 is 6.18 Å². The van der Waals surface area contributed by atoms with Gasteiger partial charge in [0.15, 0.2) is 5.82 Å². The molecule has 0 saturated carbocycles. The van der Waals surface area contributed by atoms with Crippen molar-refractivity contribution in [2.75, 3.05) is 5.32 Å². The number of para-hydroxylation sites is 1. The van der Waals surface area contributed by atoms with Gasteiger partial charge in [0.1, 0.15) is 0 Å². The van der Waals surface area contributed by atoms with Gasteiger partial charge in [-0.05, 0) is 30.3 Å². The second-order valence-electron chi connectivity index (χ2n) is 5.19. The van der Waals surface area contributed by atoms with Crippen LogP contribution in [0.2, 0.25) is 0 Å². The van der Waals surface area contributed by atoms with E-state index in [1.807, 2.05) is 0 Å². The van der Waals surface area contributed by atoms with Gasteiger partial charge in [-0.2, -0.15) is 13.2 Å². The first-order valence-corrected chi connectivity index (χ1v) is 7.05. The quantitative estimate of drug-likeness (QED) is 0.763. The Hall–Kier alpha value is -2.96. The highest BCUT2D eigenvalue weighted by atomic mass is 19.4. The van der Waals surface area contributed by atoms with Crippen LogP contribution >= 0.6 is 0 Å². The molecule has 1 heterocycles. The Morgan fingerprint density at radius 2 is 1.79 bits per heavy atom. The van der Waals surface area contributed by atoms with E-state index in [9.17, 15) is 18.0 Å². The van der Waals surface area contributed by atoms with Crippen LogP contribution < -0.4 is 5.32 Å². The van der Waals surface area contributed by atoms with Crippen LogP contribution in [0.15, 0.2) is 48.7 Å². The van der Waals surface area contributed by atoms with E-state index in [1.54, 1.807) is 24.3 Å². The summed E-state index contributed by atoms with van der Waals surface area (Å²) in [7, 11) is 0. The van der Waals surface area contributed by atoms with Crippen LogP contribution in [0, 0.1) is 0 Å². The fraction of sp³-hybridized carbons (Fsp3) is 0.118. The third-order valence-corrected chi connectivity index (χ3v) is 3.38. The van der Waals surface area contributed by atoms with Crippen molar-refractivity contribution in [2.24, 2.45) is 0 Å². The molecule has 0 unspecified atom stereocenters. The number of rotatable bonds is 2. The number of anilines is 1. The summed E-state index contributed by atoms with van der Waals surface area (Å²) in [6, 6.07) is 10.4. The molecular weight excluding hydrogens is 319 g/mol. The second kappa shape index (κ2) is 5.92. The van der Waals surface area contributed by atoms with Crippen LogP contribution in [0.1, 0.15) is 12.5 Å². The summed E-state index contributed by atoms with van der Waals surface area (Å²) in [5.74, 6) is -0.0203. The molecule has 0 atom stereocenters. The van der Waals surface area contributed by atoms with Crippen LogP contribution in [0.5, 0.6) is 0 Å². The molecular formula is C17H12F3N3O. The molecule has 3 rings (SSSR count). The van der Waals surface area contributed by atoms with E-state index in [1.165, 1.54) is 25.3 Å². The van der Waals surface area contributed by atoms with Crippen molar-refractivity contribution in [2.45, 2.75) is 13.1 Å². The van der Waals surface area contributed by atoms with Gasteiger partial charge in [-0.3, -0.25) is 4.79 Å². The van der Waals surface area contributed by atoms with E-state index >= 15 is 0 Å². The molecule has 0 aliphatic heterocycles. The van der Waals surface area contributed by atoms with E-state index in [4.69, 9.17) is 0 Å². The number of halogens is 3. The van der Waals surface area contributed by atoms with Gasteiger partial charge in [0.25, 0.3) is 0 Å². The fourth-order valence-corrected chi connectivity index (χ4v) is 2.33. The molecule has 1 amide bonds. The smallest absolute Gasteiger partial charge is 0.326 e. The lowest BCUT2D eigenvalue weighted by molar-refractivity contribution is -0.136. The Balaban J connectivity index is 2.06. The second-order valence-corrected chi connectivity index (χ2v) is 5.19. The number of hydrogen-bond acceptors (Lipinski definition) is 3. The fourth-order valence-electron chi connectivity index (χ4n) is 2.33. The van der Waals surface area contributed by atoms with Gasteiger partial charge in [0, 0.05) is 29.8 Å². The van der Waals surface area contributed by atoms with Crippen LogP contribution in [0.4, 0.5) is 18.9 Å². The number of nitrogens with one attached hydrogen (secondary N) is 1. The first-order valence-electron chi connectivity index (χ1n) is 7.05. The molecule has 1 aromatic heterocycles. The number of fused-ring (bicyclic) bond motifs is 1. The molecule has 0 bridgehead atoms. The molecule has 122 valence electrons. The van der Waals surface area contributed by atoms with Crippen molar-refractivity contribution in [3.05, 3.63) is 54.2 Å². The largest absolute Gasteiger partial charge is 0.418 e. The monoisotopic (exact) mass is 331 g/mol. The van der Waals surface area contributed by atoms with Crippen molar-refractivity contribution >= 4 is 22.5 Å². The van der Waals surface area contributed by atoms with Crippen LogP contribution in [-0.2, 0) is 11.0 Å². The van der Waals surface area contributed by atoms with Gasteiger partial charge < -0.3 is 5.32 Å². The highest BCUT2D eigenvalue weighted by Gasteiger charge is 2.33. The molecule has 0 aliphatic rings. The Morgan fingerprint density at radius 1 is 1.08 bits per heavy atom. The summed E-state index contributed by atoms with van der Waals surface area (Å²) in [5, 5.41) is 2.94. The maximum atomic E-state index is 13.1. The summed E-state index contributed by atoms with van der Waals surface area (Å²) in [6.45, 7) is 1.39. The van der Waals surface area contributed by atoms with E-state index in [2.05, 4.69) is 15.3 Å². The summed E-state index contributed by atoms with van der Waals surface area (Å²) >= 11 is 0. The first kappa shape index (κ1) is 15.9. The lowest BCUT2D eigenvalue weighted by Crippen LogP contribution is -2.07. The highest BCUT2D eigenvalue weighted by Crippen LogP contribution is 2.34. The maximum absolute atomic E-state index is 13.1. The summed E-state index contributed by atoms with van der Waals surface area (Å²) in [6.07, 6.45) is -3.12. The van der Waals surface area contributed by atoms with Crippen LogP contribution in [0.25, 0.3) is 22.3 Å². The van der Waals surface area contributed by atoms with Crippen molar-refractivity contribution in [3.63, 3.8) is 0 Å². The maximum Gasteiger partial charge on any atom is 0.418 e. The van der Waals surface area contributed by atoms with E-state index in [0.717, 1.165) is 6.07 Å². The van der Waals surface area contributed by atoms with Crippen LogP contribution in [-0.4, -0.2) is 15.9 Å². The molecule has 0 aliphatic carbocycles. The number of carbonyl (C=O) groups is 1. The minimum atomic E-state index is -4.49. The Kier molecular flexibility index (Phi) is 3.92. The molecule has 0 saturated heterocycles. The zero-order valence-corrected chi connectivity index (χ0v) is 12.6. The first-order chi connectivity index (χ1) is 11.3. The minimum Gasteiger partial charge on any atom is -0.326 e. The summed E-state index contributed by atoms with van der Waals surface area (Å²) < 4.78 is 39.4. The van der Waals surface area contributed by atoms with Gasteiger partial charge in [0.05, 0.1) is 11.1 Å². The van der Waals surface area contributed by atoms with Crippen molar-refractivity contribution in [1.29, 1.82) is 0 Å². The normalized spacial score (nSPS) is 11.5. The van der Waals surface area contributed by atoms with Crippen molar-refractivity contribution in [3.8, 4) is 11.4 Å². The SMILES string of the molecule is CC(=O)Nc1ccc(-c2ncc3cccc(C(F)(F)F)c3n2)cc1. The van der Waals surface area contributed by atoms with Gasteiger partial charge in [0.2, 0.25) is 5.91 Å². The molecule has 0 spiro atoms. The lowest BCUT2D eigenvalue weighted by Gasteiger charge is -2.10. The number of hydrogen-bond donors (Lipinski definition) is 1. The zero-order chi connectivity index (χ0) is 17.3. The summed E-state index contributed by atoms with van der Waals surface area (Å²) in [4.78, 5) is 19.2. The third-order valence-electron chi connectivity index (χ3n) is 3.38. The minimum absolute atomic E-state index is 0.138. The molecule has 24 heavy (non-hydrogen) atoms. The van der Waals surface area contributed by atoms with E-state index < -0.39 is 11.7 Å².